The molecule has 1 aromatic carbocycles. The molecule has 0 aliphatic carbocycles. The summed E-state index contributed by atoms with van der Waals surface area (Å²) in [5.74, 6) is 0.452. The second-order valence-corrected chi connectivity index (χ2v) is 6.30. The highest BCUT2D eigenvalue weighted by Gasteiger charge is 2.18. The highest BCUT2D eigenvalue weighted by molar-refractivity contribution is 7.08. The van der Waals surface area contributed by atoms with Gasteiger partial charge in [-0.15, -0.1) is 0 Å². The molecule has 124 valence electrons. The van der Waals surface area contributed by atoms with E-state index in [1.807, 2.05) is 23.6 Å². The number of rotatable bonds is 7. The maximum absolute atomic E-state index is 13.6. The standard InChI is InChI=1S/C19H18FNO2S/c20-17-5-2-1-4-14(17)7-8-19(22)21-12-16(15-9-11-24-13-15)18-6-3-10-23-18/h1-6,9-11,13,16H,7-8,12H2,(H,21,22). The van der Waals surface area contributed by atoms with Crippen molar-refractivity contribution in [2.24, 2.45) is 0 Å². The van der Waals surface area contributed by atoms with Crippen LogP contribution in [0.5, 0.6) is 0 Å². The average molecular weight is 343 g/mol. The predicted octanol–water partition coefficient (Wildman–Crippen LogP) is 4.36. The molecule has 1 atom stereocenters. The minimum Gasteiger partial charge on any atom is -0.469 e. The van der Waals surface area contributed by atoms with E-state index in [0.717, 1.165) is 11.3 Å². The number of thiophene rings is 1. The van der Waals surface area contributed by atoms with Crippen LogP contribution in [-0.4, -0.2) is 12.5 Å². The van der Waals surface area contributed by atoms with E-state index in [1.165, 1.54) is 6.07 Å². The van der Waals surface area contributed by atoms with Gasteiger partial charge in [0.15, 0.2) is 0 Å². The SMILES string of the molecule is O=C(CCc1ccccc1F)NCC(c1ccsc1)c1ccco1. The maximum atomic E-state index is 13.6. The number of amides is 1. The Bertz CT molecular complexity index is 734. The molecule has 0 aliphatic heterocycles. The van der Waals surface area contributed by atoms with E-state index >= 15 is 0 Å². The molecule has 0 saturated heterocycles. The Kier molecular flexibility index (Phi) is 5.43. The lowest BCUT2D eigenvalue weighted by Crippen LogP contribution is -2.28. The number of carbonyl (C=O) groups excluding carboxylic acids is 1. The summed E-state index contributed by atoms with van der Waals surface area (Å²) < 4.78 is 19.1. The second-order valence-electron chi connectivity index (χ2n) is 5.52. The lowest BCUT2D eigenvalue weighted by molar-refractivity contribution is -0.121. The normalized spacial score (nSPS) is 12.0. The van der Waals surface area contributed by atoms with E-state index < -0.39 is 0 Å². The highest BCUT2D eigenvalue weighted by Crippen LogP contribution is 2.26. The van der Waals surface area contributed by atoms with Gasteiger partial charge < -0.3 is 9.73 Å². The van der Waals surface area contributed by atoms with Crippen LogP contribution < -0.4 is 5.32 Å². The number of nitrogens with one attached hydrogen (secondary N) is 1. The zero-order valence-electron chi connectivity index (χ0n) is 13.1. The Morgan fingerprint density at radius 2 is 2.08 bits per heavy atom. The number of carbonyl (C=O) groups is 1. The van der Waals surface area contributed by atoms with Gasteiger partial charge in [0.05, 0.1) is 12.2 Å². The third kappa shape index (κ3) is 4.11. The van der Waals surface area contributed by atoms with Crippen molar-refractivity contribution in [3.05, 3.63) is 82.2 Å². The molecule has 0 radical (unpaired) electrons. The fraction of sp³-hybridized carbons (Fsp3) is 0.211. The molecule has 2 aromatic heterocycles. The highest BCUT2D eigenvalue weighted by atomic mass is 32.1. The molecule has 3 aromatic rings. The molecule has 0 spiro atoms. The molecule has 24 heavy (non-hydrogen) atoms. The van der Waals surface area contributed by atoms with Gasteiger partial charge in [-0.1, -0.05) is 18.2 Å². The van der Waals surface area contributed by atoms with Crippen molar-refractivity contribution in [2.75, 3.05) is 6.54 Å². The fourth-order valence-corrected chi connectivity index (χ4v) is 3.31. The van der Waals surface area contributed by atoms with Crippen molar-refractivity contribution in [1.82, 2.24) is 5.32 Å². The summed E-state index contributed by atoms with van der Waals surface area (Å²) in [5, 5.41) is 6.99. The van der Waals surface area contributed by atoms with Gasteiger partial charge in [-0.25, -0.2) is 4.39 Å². The molecule has 1 unspecified atom stereocenters. The van der Waals surface area contributed by atoms with Crippen LogP contribution >= 0.6 is 11.3 Å². The average Bonchev–Trinajstić information content (AvgIpc) is 3.28. The first-order valence-electron chi connectivity index (χ1n) is 7.79. The first-order chi connectivity index (χ1) is 11.7. The monoisotopic (exact) mass is 343 g/mol. The smallest absolute Gasteiger partial charge is 0.220 e. The topological polar surface area (TPSA) is 42.2 Å². The number of benzene rings is 1. The number of halogens is 1. The molecule has 0 fully saturated rings. The molecule has 1 amide bonds. The summed E-state index contributed by atoms with van der Waals surface area (Å²) in [4.78, 5) is 12.1. The van der Waals surface area contributed by atoms with E-state index in [2.05, 4.69) is 10.7 Å². The lowest BCUT2D eigenvalue weighted by Gasteiger charge is -2.14. The van der Waals surface area contributed by atoms with Crippen molar-refractivity contribution >= 4 is 17.2 Å². The summed E-state index contributed by atoms with van der Waals surface area (Å²) in [5.41, 5.74) is 1.68. The van der Waals surface area contributed by atoms with Crippen LogP contribution in [0.1, 0.15) is 29.2 Å². The third-order valence-electron chi connectivity index (χ3n) is 3.91. The van der Waals surface area contributed by atoms with Gasteiger partial charge in [-0.05, 0) is 52.6 Å². The van der Waals surface area contributed by atoms with Gasteiger partial charge in [0.25, 0.3) is 0 Å². The maximum Gasteiger partial charge on any atom is 0.220 e. The van der Waals surface area contributed by atoms with Gasteiger partial charge in [0.2, 0.25) is 5.91 Å². The first kappa shape index (κ1) is 16.5. The van der Waals surface area contributed by atoms with Crippen LogP contribution in [0.3, 0.4) is 0 Å². The van der Waals surface area contributed by atoms with E-state index in [-0.39, 0.29) is 24.1 Å². The van der Waals surface area contributed by atoms with Crippen molar-refractivity contribution in [3.63, 3.8) is 0 Å². The predicted molar refractivity (Wildman–Crippen MR) is 92.6 cm³/mol. The zero-order chi connectivity index (χ0) is 16.8. The molecule has 0 bridgehead atoms. The Balaban J connectivity index is 1.57. The van der Waals surface area contributed by atoms with Crippen LogP contribution in [0.4, 0.5) is 4.39 Å². The van der Waals surface area contributed by atoms with Gasteiger partial charge in [0, 0.05) is 13.0 Å². The van der Waals surface area contributed by atoms with Crippen LogP contribution in [0.25, 0.3) is 0 Å². The third-order valence-corrected chi connectivity index (χ3v) is 4.62. The Morgan fingerprint density at radius 3 is 2.79 bits per heavy atom. The quantitative estimate of drug-likeness (QED) is 0.692. The van der Waals surface area contributed by atoms with E-state index in [1.54, 1.807) is 35.8 Å². The largest absolute Gasteiger partial charge is 0.469 e. The van der Waals surface area contributed by atoms with E-state index in [4.69, 9.17) is 4.42 Å². The molecule has 5 heteroatoms. The number of hydrogen-bond acceptors (Lipinski definition) is 3. The zero-order valence-corrected chi connectivity index (χ0v) is 13.9. The van der Waals surface area contributed by atoms with Crippen LogP contribution in [0.15, 0.2) is 63.9 Å². The minimum absolute atomic E-state index is 0.0105. The van der Waals surface area contributed by atoms with Crippen molar-refractivity contribution in [3.8, 4) is 0 Å². The van der Waals surface area contributed by atoms with Gasteiger partial charge >= 0.3 is 0 Å². The van der Waals surface area contributed by atoms with E-state index in [0.29, 0.717) is 18.5 Å². The molecule has 3 nitrogen and oxygen atoms in total. The number of hydrogen-bond donors (Lipinski definition) is 1. The van der Waals surface area contributed by atoms with Crippen molar-refractivity contribution < 1.29 is 13.6 Å². The second kappa shape index (κ2) is 7.93. The van der Waals surface area contributed by atoms with Gasteiger partial charge in [-0.3, -0.25) is 4.79 Å². The van der Waals surface area contributed by atoms with Gasteiger partial charge in [0.1, 0.15) is 11.6 Å². The summed E-state index contributed by atoms with van der Waals surface area (Å²) >= 11 is 1.61. The van der Waals surface area contributed by atoms with E-state index in [9.17, 15) is 9.18 Å². The molecular formula is C19H18FNO2S. The Morgan fingerprint density at radius 1 is 1.21 bits per heavy atom. The molecule has 0 saturated carbocycles. The summed E-state index contributed by atoms with van der Waals surface area (Å²) in [6.45, 7) is 0.459. The first-order valence-corrected chi connectivity index (χ1v) is 8.74. The van der Waals surface area contributed by atoms with Crippen molar-refractivity contribution in [1.29, 1.82) is 0 Å². The molecule has 3 rings (SSSR count). The summed E-state index contributed by atoms with van der Waals surface area (Å²) in [7, 11) is 0. The van der Waals surface area contributed by atoms with Crippen LogP contribution in [0.2, 0.25) is 0 Å². The molecular weight excluding hydrogens is 325 g/mol. The van der Waals surface area contributed by atoms with Crippen LogP contribution in [-0.2, 0) is 11.2 Å². The molecule has 2 heterocycles. The number of aryl methyl sites for hydroxylation is 1. The van der Waals surface area contributed by atoms with Crippen molar-refractivity contribution in [2.45, 2.75) is 18.8 Å². The van der Waals surface area contributed by atoms with Gasteiger partial charge in [-0.2, -0.15) is 11.3 Å². The summed E-state index contributed by atoms with van der Waals surface area (Å²) in [6.07, 6.45) is 2.28. The fourth-order valence-electron chi connectivity index (χ4n) is 2.60. The molecule has 0 aliphatic rings. The Hall–Kier alpha value is -2.40. The summed E-state index contributed by atoms with van der Waals surface area (Å²) in [6, 6.07) is 12.3. The Labute approximate surface area is 144 Å². The lowest BCUT2D eigenvalue weighted by atomic mass is 9.99. The van der Waals surface area contributed by atoms with Crippen LogP contribution in [0, 0.1) is 5.82 Å². The number of furan rings is 1. The molecule has 1 N–H and O–H groups in total. The minimum atomic E-state index is -0.267.